The van der Waals surface area contributed by atoms with Crippen molar-refractivity contribution in [2.45, 2.75) is 6.92 Å². The minimum atomic E-state index is 0.118. The Bertz CT molecular complexity index is 1020. The van der Waals surface area contributed by atoms with E-state index in [1.165, 1.54) is 7.11 Å². The molecule has 0 radical (unpaired) electrons. The lowest BCUT2D eigenvalue weighted by Gasteiger charge is -2.03. The van der Waals surface area contributed by atoms with Crippen LogP contribution < -0.4 is 4.74 Å². The summed E-state index contributed by atoms with van der Waals surface area (Å²) in [5, 5.41) is 23.8. The summed E-state index contributed by atoms with van der Waals surface area (Å²) in [7, 11) is 3.41. The number of rotatable bonds is 5. The number of hydrogen-bond acceptors (Lipinski definition) is 4. The summed E-state index contributed by atoms with van der Waals surface area (Å²) in [4.78, 5) is 0. The van der Waals surface area contributed by atoms with Crippen molar-refractivity contribution in [2.75, 3.05) is 7.11 Å². The lowest BCUT2D eigenvalue weighted by Crippen LogP contribution is -1.92. The molecule has 0 amide bonds. The highest BCUT2D eigenvalue weighted by Gasteiger charge is 2.03. The summed E-state index contributed by atoms with van der Waals surface area (Å²) < 4.78 is 6.93. The fourth-order valence-corrected chi connectivity index (χ4v) is 2.69. The molecule has 2 aromatic carbocycles. The van der Waals surface area contributed by atoms with Gasteiger partial charge in [0.1, 0.15) is 5.75 Å². The maximum Gasteiger partial charge on any atom is 0.161 e. The average molecular weight is 362 g/mol. The molecule has 0 saturated carbocycles. The molecule has 3 rings (SSSR count). The van der Waals surface area contributed by atoms with E-state index in [0.29, 0.717) is 11.5 Å². The van der Waals surface area contributed by atoms with E-state index in [1.54, 1.807) is 22.9 Å². The number of benzene rings is 2. The van der Waals surface area contributed by atoms with Gasteiger partial charge in [-0.2, -0.15) is 5.10 Å². The van der Waals surface area contributed by atoms with E-state index in [2.05, 4.69) is 5.10 Å². The highest BCUT2D eigenvalue weighted by Crippen LogP contribution is 2.27. The maximum absolute atomic E-state index is 9.67. The van der Waals surface area contributed by atoms with Gasteiger partial charge >= 0.3 is 0 Å². The predicted octanol–water partition coefficient (Wildman–Crippen LogP) is 4.49. The van der Waals surface area contributed by atoms with E-state index in [-0.39, 0.29) is 5.75 Å². The number of nitrogens with zero attached hydrogens (tertiary/aromatic N) is 2. The average Bonchev–Trinajstić information content (AvgIpc) is 3.01. The van der Waals surface area contributed by atoms with E-state index < -0.39 is 0 Å². The SMILES string of the molecule is COc1cc(/C=C/c2cc(/C=C/c3ccc(O)c(C)c3)nn2C)ccc1O. The van der Waals surface area contributed by atoms with Crippen molar-refractivity contribution in [1.82, 2.24) is 9.78 Å². The molecule has 1 aromatic heterocycles. The predicted molar refractivity (Wildman–Crippen MR) is 109 cm³/mol. The summed E-state index contributed by atoms with van der Waals surface area (Å²) in [6, 6.07) is 12.7. The molecule has 5 heteroatoms. The molecule has 0 bridgehead atoms. The standard InChI is InChI=1S/C22H22N2O3/c1-15-12-16(6-10-20(15)25)4-8-18-14-19(24(2)23-18)9-5-17-7-11-21(26)22(13-17)27-3/h4-14,25-26H,1-3H3/b8-4+,9-5+. The fraction of sp³-hybridized carbons (Fsp3) is 0.136. The molecule has 138 valence electrons. The first kappa shape index (κ1) is 18.3. The Morgan fingerprint density at radius 1 is 0.889 bits per heavy atom. The maximum atomic E-state index is 9.67. The Hall–Kier alpha value is -3.47. The normalized spacial score (nSPS) is 11.5. The highest BCUT2D eigenvalue weighted by molar-refractivity contribution is 5.73. The van der Waals surface area contributed by atoms with E-state index in [9.17, 15) is 10.2 Å². The topological polar surface area (TPSA) is 67.5 Å². The number of aryl methyl sites for hydroxylation is 2. The summed E-state index contributed by atoms with van der Waals surface area (Å²) in [5.74, 6) is 0.852. The Kier molecular flexibility index (Phi) is 5.31. The van der Waals surface area contributed by atoms with E-state index in [1.807, 2.05) is 62.5 Å². The molecule has 0 saturated heterocycles. The third-order valence-corrected chi connectivity index (χ3v) is 4.25. The summed E-state index contributed by atoms with van der Waals surface area (Å²) in [6.07, 6.45) is 7.80. The van der Waals surface area contributed by atoms with Crippen molar-refractivity contribution in [3.63, 3.8) is 0 Å². The quantitative estimate of drug-likeness (QED) is 0.702. The Balaban J connectivity index is 1.78. The molecule has 27 heavy (non-hydrogen) atoms. The van der Waals surface area contributed by atoms with Crippen LogP contribution in [0.5, 0.6) is 17.2 Å². The zero-order chi connectivity index (χ0) is 19.4. The first-order valence-corrected chi connectivity index (χ1v) is 8.53. The van der Waals surface area contributed by atoms with Crippen molar-refractivity contribution < 1.29 is 14.9 Å². The summed E-state index contributed by atoms with van der Waals surface area (Å²) >= 11 is 0. The lowest BCUT2D eigenvalue weighted by atomic mass is 10.1. The van der Waals surface area contributed by atoms with E-state index >= 15 is 0 Å². The molecule has 0 aliphatic carbocycles. The van der Waals surface area contributed by atoms with Crippen molar-refractivity contribution in [3.05, 3.63) is 70.5 Å². The summed E-state index contributed by atoms with van der Waals surface area (Å²) in [6.45, 7) is 1.87. The zero-order valence-electron chi connectivity index (χ0n) is 15.5. The number of ether oxygens (including phenoxy) is 1. The van der Waals surface area contributed by atoms with Crippen LogP contribution in [0, 0.1) is 6.92 Å². The lowest BCUT2D eigenvalue weighted by molar-refractivity contribution is 0.373. The highest BCUT2D eigenvalue weighted by atomic mass is 16.5. The Morgan fingerprint density at radius 3 is 2.26 bits per heavy atom. The van der Waals surface area contributed by atoms with Gasteiger partial charge in [0, 0.05) is 7.05 Å². The number of hydrogen-bond donors (Lipinski definition) is 2. The van der Waals surface area contributed by atoms with Crippen LogP contribution in [0.4, 0.5) is 0 Å². The van der Waals surface area contributed by atoms with Gasteiger partial charge < -0.3 is 14.9 Å². The molecular formula is C22H22N2O3. The van der Waals surface area contributed by atoms with Crippen molar-refractivity contribution in [1.29, 1.82) is 0 Å². The van der Waals surface area contributed by atoms with Gasteiger partial charge in [-0.1, -0.05) is 24.3 Å². The van der Waals surface area contributed by atoms with Gasteiger partial charge in [-0.3, -0.25) is 4.68 Å². The van der Waals surface area contributed by atoms with Gasteiger partial charge in [0.25, 0.3) is 0 Å². The molecule has 0 fully saturated rings. The second-order valence-corrected chi connectivity index (χ2v) is 6.26. The smallest absolute Gasteiger partial charge is 0.161 e. The Labute approximate surface area is 158 Å². The third-order valence-electron chi connectivity index (χ3n) is 4.25. The van der Waals surface area contributed by atoms with Gasteiger partial charge in [0.15, 0.2) is 11.5 Å². The first-order valence-electron chi connectivity index (χ1n) is 8.53. The van der Waals surface area contributed by atoms with Gasteiger partial charge in [-0.05, 0) is 66.1 Å². The number of methoxy groups -OCH3 is 1. The van der Waals surface area contributed by atoms with Crippen molar-refractivity contribution in [3.8, 4) is 17.2 Å². The molecule has 1 heterocycles. The fourth-order valence-electron chi connectivity index (χ4n) is 2.69. The van der Waals surface area contributed by atoms with Crippen LogP contribution in [0.15, 0.2) is 42.5 Å². The summed E-state index contributed by atoms with van der Waals surface area (Å²) in [5.41, 5.74) is 4.55. The number of aromatic nitrogens is 2. The van der Waals surface area contributed by atoms with Crippen LogP contribution >= 0.6 is 0 Å². The van der Waals surface area contributed by atoms with Crippen LogP contribution in [0.3, 0.4) is 0 Å². The third kappa shape index (κ3) is 4.39. The van der Waals surface area contributed by atoms with Gasteiger partial charge in [0.05, 0.1) is 18.5 Å². The Morgan fingerprint density at radius 2 is 1.56 bits per heavy atom. The minimum absolute atomic E-state index is 0.118. The second kappa shape index (κ2) is 7.83. The monoisotopic (exact) mass is 362 g/mol. The van der Waals surface area contributed by atoms with Crippen LogP contribution in [-0.2, 0) is 7.05 Å². The van der Waals surface area contributed by atoms with Crippen molar-refractivity contribution >= 4 is 24.3 Å². The molecular weight excluding hydrogens is 340 g/mol. The molecule has 0 unspecified atom stereocenters. The van der Waals surface area contributed by atoms with E-state index in [4.69, 9.17) is 4.74 Å². The molecule has 0 aliphatic rings. The van der Waals surface area contributed by atoms with Gasteiger partial charge in [0.2, 0.25) is 0 Å². The molecule has 3 aromatic rings. The molecule has 2 N–H and O–H groups in total. The second-order valence-electron chi connectivity index (χ2n) is 6.26. The molecule has 0 aliphatic heterocycles. The van der Waals surface area contributed by atoms with Crippen LogP contribution in [0.25, 0.3) is 24.3 Å². The first-order chi connectivity index (χ1) is 13.0. The minimum Gasteiger partial charge on any atom is -0.508 e. The van der Waals surface area contributed by atoms with Crippen molar-refractivity contribution in [2.24, 2.45) is 7.05 Å². The molecule has 0 atom stereocenters. The van der Waals surface area contributed by atoms with Gasteiger partial charge in [-0.15, -0.1) is 0 Å². The number of phenols is 2. The molecule has 0 spiro atoms. The van der Waals surface area contributed by atoms with Crippen LogP contribution in [0.2, 0.25) is 0 Å². The van der Waals surface area contributed by atoms with Gasteiger partial charge in [-0.25, -0.2) is 0 Å². The molecule has 5 nitrogen and oxygen atoms in total. The number of aromatic hydroxyl groups is 2. The van der Waals surface area contributed by atoms with E-state index in [0.717, 1.165) is 28.1 Å². The number of phenolic OH excluding ortho intramolecular Hbond substituents is 2. The van der Waals surface area contributed by atoms with Crippen LogP contribution in [-0.4, -0.2) is 27.1 Å². The largest absolute Gasteiger partial charge is 0.508 e. The zero-order valence-corrected chi connectivity index (χ0v) is 15.5. The van der Waals surface area contributed by atoms with Crippen LogP contribution in [0.1, 0.15) is 28.1 Å².